The number of benzene rings is 4. The molecule has 5 nitrogen and oxygen atoms in total. The Morgan fingerprint density at radius 2 is 1.41 bits per heavy atom. The van der Waals surface area contributed by atoms with Gasteiger partial charge >= 0.3 is 5.97 Å². The minimum Gasteiger partial charge on any atom is -0.497 e. The number of hydrogen-bond acceptors (Lipinski definition) is 2. The van der Waals surface area contributed by atoms with Gasteiger partial charge in [0.25, 0.3) is 0 Å². The number of carbonyl (C=O) groups is 1. The molecule has 1 N–H and O–H groups in total. The minimum atomic E-state index is -0.907. The van der Waals surface area contributed by atoms with E-state index < -0.39 is 5.97 Å². The number of nitrogens with zero attached hydrogens (tertiary/aromatic N) is 2. The zero-order chi connectivity index (χ0) is 25.4. The summed E-state index contributed by atoms with van der Waals surface area (Å²) in [6, 6.07) is 32.7. The molecular weight excluding hydrogens is 460 g/mol. The molecule has 6 aromatic rings. The molecule has 0 saturated carbocycles. The minimum absolute atomic E-state index is 0.309. The van der Waals surface area contributed by atoms with Crippen molar-refractivity contribution < 1.29 is 14.6 Å². The molecule has 5 heteroatoms. The van der Waals surface area contributed by atoms with Crippen molar-refractivity contribution >= 4 is 27.8 Å². The van der Waals surface area contributed by atoms with Gasteiger partial charge < -0.3 is 19.0 Å². The van der Waals surface area contributed by atoms with Crippen molar-refractivity contribution in [3.63, 3.8) is 0 Å². The lowest BCUT2D eigenvalue weighted by Gasteiger charge is -2.10. The van der Waals surface area contributed by atoms with Crippen LogP contribution in [0.2, 0.25) is 0 Å². The Hall–Kier alpha value is -4.77. The lowest BCUT2D eigenvalue weighted by Crippen LogP contribution is -2.01. The van der Waals surface area contributed by atoms with Gasteiger partial charge in [0.15, 0.2) is 0 Å². The van der Waals surface area contributed by atoms with Crippen LogP contribution in [0.5, 0.6) is 5.75 Å². The van der Waals surface area contributed by atoms with E-state index in [1.807, 2.05) is 18.2 Å². The zero-order valence-corrected chi connectivity index (χ0v) is 20.5. The van der Waals surface area contributed by atoms with Gasteiger partial charge in [-0.15, -0.1) is 0 Å². The number of aromatic nitrogens is 2. The van der Waals surface area contributed by atoms with Gasteiger partial charge in [-0.25, -0.2) is 4.79 Å². The fourth-order valence-electron chi connectivity index (χ4n) is 4.95. The highest BCUT2D eigenvalue weighted by Gasteiger charge is 2.09. The van der Waals surface area contributed by atoms with Crippen LogP contribution in [-0.4, -0.2) is 27.3 Å². The van der Waals surface area contributed by atoms with Gasteiger partial charge in [-0.3, -0.25) is 0 Å². The molecule has 0 spiro atoms. The summed E-state index contributed by atoms with van der Waals surface area (Å²) in [6.45, 7) is 1.41. The van der Waals surface area contributed by atoms with Gasteiger partial charge in [-0.2, -0.15) is 0 Å². The third-order valence-electron chi connectivity index (χ3n) is 6.92. The van der Waals surface area contributed by atoms with Crippen molar-refractivity contribution in [3.8, 4) is 16.9 Å². The largest absolute Gasteiger partial charge is 0.497 e. The first-order valence-corrected chi connectivity index (χ1v) is 12.2. The molecule has 0 aliphatic heterocycles. The van der Waals surface area contributed by atoms with E-state index in [0.29, 0.717) is 12.1 Å². The summed E-state index contributed by atoms with van der Waals surface area (Å²) in [5, 5.41) is 11.7. The molecule has 6 rings (SSSR count). The first-order valence-electron chi connectivity index (χ1n) is 12.2. The first-order chi connectivity index (χ1) is 18.1. The molecule has 0 unspecified atom stereocenters. The molecule has 37 heavy (non-hydrogen) atoms. The maximum atomic E-state index is 11.3. The van der Waals surface area contributed by atoms with Crippen LogP contribution in [0.15, 0.2) is 109 Å². The second-order valence-corrected chi connectivity index (χ2v) is 9.29. The summed E-state index contributed by atoms with van der Waals surface area (Å²) < 4.78 is 9.72. The molecular formula is C32H26N2O3. The van der Waals surface area contributed by atoms with Crippen molar-refractivity contribution in [2.24, 2.45) is 0 Å². The number of carboxylic acids is 1. The molecule has 0 saturated heterocycles. The SMILES string of the molecule is COc1ccc(Cn2ccc3ccc(-c4ccc5c(ccn5Cc5cccc(C(=O)O)c5)c4)cc32)cc1. The van der Waals surface area contributed by atoms with E-state index in [0.717, 1.165) is 34.3 Å². The molecule has 2 aromatic heterocycles. The summed E-state index contributed by atoms with van der Waals surface area (Å²) in [4.78, 5) is 11.3. The van der Waals surface area contributed by atoms with Crippen molar-refractivity contribution in [1.82, 2.24) is 9.13 Å². The normalized spacial score (nSPS) is 11.3. The Balaban J connectivity index is 1.29. The summed E-state index contributed by atoms with van der Waals surface area (Å²) in [6.07, 6.45) is 4.20. The average molecular weight is 487 g/mol. The van der Waals surface area contributed by atoms with Crippen LogP contribution in [0.3, 0.4) is 0 Å². The summed E-state index contributed by atoms with van der Waals surface area (Å²) in [7, 11) is 1.68. The van der Waals surface area contributed by atoms with Crippen molar-refractivity contribution in [2.75, 3.05) is 7.11 Å². The molecule has 0 amide bonds. The highest BCUT2D eigenvalue weighted by Crippen LogP contribution is 2.29. The first kappa shape index (κ1) is 22.7. The quantitative estimate of drug-likeness (QED) is 0.263. The van der Waals surface area contributed by atoms with Crippen LogP contribution in [-0.2, 0) is 13.1 Å². The third kappa shape index (κ3) is 4.47. The number of aromatic carboxylic acids is 1. The predicted molar refractivity (Wildman–Crippen MR) is 147 cm³/mol. The molecule has 0 aliphatic carbocycles. The Morgan fingerprint density at radius 1 is 0.703 bits per heavy atom. The van der Waals surface area contributed by atoms with Crippen molar-refractivity contribution in [1.29, 1.82) is 0 Å². The Kier molecular flexibility index (Phi) is 5.73. The van der Waals surface area contributed by atoms with Crippen LogP contribution in [0.1, 0.15) is 21.5 Å². The van der Waals surface area contributed by atoms with Gasteiger partial charge in [0.2, 0.25) is 0 Å². The summed E-state index contributed by atoms with van der Waals surface area (Å²) >= 11 is 0. The number of ether oxygens (including phenoxy) is 1. The topological polar surface area (TPSA) is 56.4 Å². The monoisotopic (exact) mass is 486 g/mol. The second-order valence-electron chi connectivity index (χ2n) is 9.29. The van der Waals surface area contributed by atoms with Crippen LogP contribution in [0.4, 0.5) is 0 Å². The smallest absolute Gasteiger partial charge is 0.335 e. The number of carboxylic acid groups (broad SMARTS) is 1. The van der Waals surface area contributed by atoms with E-state index in [1.165, 1.54) is 22.0 Å². The van der Waals surface area contributed by atoms with Crippen LogP contribution in [0, 0.1) is 0 Å². The maximum Gasteiger partial charge on any atom is 0.335 e. The van der Waals surface area contributed by atoms with Crippen LogP contribution in [0.25, 0.3) is 32.9 Å². The number of fused-ring (bicyclic) bond motifs is 2. The van der Waals surface area contributed by atoms with Gasteiger partial charge in [0.05, 0.1) is 12.7 Å². The molecule has 0 fully saturated rings. The number of hydrogen-bond donors (Lipinski definition) is 1. The standard InChI is InChI=1S/C32H26N2O3/c1-37-29-10-5-22(6-11-29)20-34-15-13-24-7-8-26(19-31(24)34)25-9-12-30-27(18-25)14-16-33(30)21-23-3-2-4-28(17-23)32(35)36/h2-19H,20-21H2,1H3,(H,35,36). The van der Waals surface area contributed by atoms with E-state index >= 15 is 0 Å². The molecule has 0 atom stereocenters. The van der Waals surface area contributed by atoms with Gasteiger partial charge in [-0.1, -0.05) is 42.5 Å². The van der Waals surface area contributed by atoms with Crippen molar-refractivity contribution in [3.05, 3.63) is 126 Å². The van der Waals surface area contributed by atoms with E-state index in [2.05, 4.69) is 82.2 Å². The van der Waals surface area contributed by atoms with Crippen LogP contribution < -0.4 is 4.74 Å². The highest BCUT2D eigenvalue weighted by atomic mass is 16.5. The summed E-state index contributed by atoms with van der Waals surface area (Å²) in [5.41, 5.74) is 7.15. The predicted octanol–water partition coefficient (Wildman–Crippen LogP) is 7.07. The van der Waals surface area contributed by atoms with E-state index in [4.69, 9.17) is 4.74 Å². The number of rotatable bonds is 7. The Bertz CT molecular complexity index is 1740. The fourth-order valence-corrected chi connectivity index (χ4v) is 4.95. The lowest BCUT2D eigenvalue weighted by molar-refractivity contribution is 0.0696. The molecule has 4 aromatic carbocycles. The molecule has 2 heterocycles. The maximum absolute atomic E-state index is 11.3. The molecule has 0 bridgehead atoms. The van der Waals surface area contributed by atoms with E-state index in [9.17, 15) is 9.90 Å². The van der Waals surface area contributed by atoms with Gasteiger partial charge in [0.1, 0.15) is 5.75 Å². The third-order valence-corrected chi connectivity index (χ3v) is 6.92. The highest BCUT2D eigenvalue weighted by molar-refractivity contribution is 5.90. The zero-order valence-electron chi connectivity index (χ0n) is 20.5. The molecule has 0 aliphatic rings. The fraction of sp³-hybridized carbons (Fsp3) is 0.0938. The van der Waals surface area contributed by atoms with Gasteiger partial charge in [-0.05, 0) is 82.2 Å². The van der Waals surface area contributed by atoms with Crippen molar-refractivity contribution in [2.45, 2.75) is 13.1 Å². The Labute approximate surface area is 214 Å². The molecule has 182 valence electrons. The van der Waals surface area contributed by atoms with Crippen LogP contribution >= 0.6 is 0 Å². The van der Waals surface area contributed by atoms with E-state index in [-0.39, 0.29) is 0 Å². The summed E-state index contributed by atoms with van der Waals surface area (Å²) in [5.74, 6) is -0.0441. The van der Waals surface area contributed by atoms with Gasteiger partial charge in [0, 0.05) is 41.9 Å². The number of methoxy groups -OCH3 is 1. The Morgan fingerprint density at radius 3 is 2.19 bits per heavy atom. The lowest BCUT2D eigenvalue weighted by atomic mass is 10.0. The average Bonchev–Trinajstić information content (AvgIpc) is 3.52. The second kappa shape index (κ2) is 9.36. The van der Waals surface area contributed by atoms with E-state index in [1.54, 1.807) is 25.3 Å². The molecule has 0 radical (unpaired) electrons.